The first kappa shape index (κ1) is 22.7. The molecule has 1 aliphatic heterocycles. The van der Waals surface area contributed by atoms with Crippen molar-refractivity contribution < 1.29 is 9.53 Å². The summed E-state index contributed by atoms with van der Waals surface area (Å²) in [6, 6.07) is 8.13. The van der Waals surface area contributed by atoms with Crippen molar-refractivity contribution in [1.29, 1.82) is 0 Å². The molecule has 1 N–H and O–H groups in total. The second kappa shape index (κ2) is 10.4. The second-order valence-corrected chi connectivity index (χ2v) is 7.98. The minimum atomic E-state index is -0.0213. The third-order valence-electron chi connectivity index (χ3n) is 5.73. The molecule has 6 nitrogen and oxygen atoms in total. The number of fused-ring (bicyclic) bond motifs is 1. The zero-order valence-electron chi connectivity index (χ0n) is 18.7. The third-order valence-corrected chi connectivity index (χ3v) is 5.73. The largest absolute Gasteiger partial charge is 0.383 e. The Morgan fingerprint density at radius 2 is 2.19 bits per heavy atom. The highest BCUT2D eigenvalue weighted by atomic mass is 16.5. The summed E-state index contributed by atoms with van der Waals surface area (Å²) in [7, 11) is 3.68. The van der Waals surface area contributed by atoms with Crippen LogP contribution in [0, 0.1) is 5.92 Å². The van der Waals surface area contributed by atoms with E-state index in [0.29, 0.717) is 12.4 Å². The number of benzene rings is 1. The number of carbonyl (C=O) groups excluding carboxylic acids is 1. The van der Waals surface area contributed by atoms with Crippen molar-refractivity contribution in [3.63, 3.8) is 0 Å². The summed E-state index contributed by atoms with van der Waals surface area (Å²) in [6.45, 7) is 13.1. The van der Waals surface area contributed by atoms with E-state index in [0.717, 1.165) is 53.8 Å². The molecule has 1 aromatic heterocycles. The van der Waals surface area contributed by atoms with Gasteiger partial charge in [-0.25, -0.2) is 4.98 Å². The molecule has 1 aliphatic rings. The third kappa shape index (κ3) is 5.60. The zero-order chi connectivity index (χ0) is 22.4. The van der Waals surface area contributed by atoms with Crippen molar-refractivity contribution in [1.82, 2.24) is 14.8 Å². The predicted octanol–water partition coefficient (Wildman–Crippen LogP) is 4.13. The quantitative estimate of drug-likeness (QED) is 0.618. The summed E-state index contributed by atoms with van der Waals surface area (Å²) in [5.74, 6) is 0.580. The number of anilines is 1. The van der Waals surface area contributed by atoms with Crippen LogP contribution in [0.1, 0.15) is 18.9 Å². The maximum absolute atomic E-state index is 12.7. The number of hydrogen-bond donors (Lipinski definition) is 1. The van der Waals surface area contributed by atoms with E-state index in [9.17, 15) is 4.79 Å². The molecule has 2 heterocycles. The Labute approximate surface area is 184 Å². The van der Waals surface area contributed by atoms with E-state index in [-0.39, 0.29) is 11.8 Å². The molecule has 0 saturated carbocycles. The van der Waals surface area contributed by atoms with E-state index >= 15 is 0 Å². The van der Waals surface area contributed by atoms with Crippen LogP contribution in [0.2, 0.25) is 0 Å². The van der Waals surface area contributed by atoms with Gasteiger partial charge in [0, 0.05) is 50.2 Å². The molecular formula is C25H32N4O2. The first-order chi connectivity index (χ1) is 14.9. The topological polar surface area (TPSA) is 57.7 Å². The van der Waals surface area contributed by atoms with Crippen LogP contribution in [-0.4, -0.2) is 61.1 Å². The average molecular weight is 421 g/mol. The lowest BCUT2D eigenvalue weighted by Crippen LogP contribution is -2.29. The molecule has 0 aliphatic carbocycles. The van der Waals surface area contributed by atoms with Crippen LogP contribution < -0.4 is 5.32 Å². The SMILES string of the molecule is C=C/C=C(/c1ccc2cnc(NC(=O)C3CCN(CCOC)C3)cc2c1)N(C)C(=C)C. The summed E-state index contributed by atoms with van der Waals surface area (Å²) < 4.78 is 5.14. The Hall–Kier alpha value is -2.96. The molecule has 1 fully saturated rings. The molecule has 3 rings (SSSR count). The highest BCUT2D eigenvalue weighted by Gasteiger charge is 2.28. The van der Waals surface area contributed by atoms with Gasteiger partial charge < -0.3 is 19.9 Å². The van der Waals surface area contributed by atoms with Crippen LogP contribution in [-0.2, 0) is 9.53 Å². The summed E-state index contributed by atoms with van der Waals surface area (Å²) in [5.41, 5.74) is 2.99. The summed E-state index contributed by atoms with van der Waals surface area (Å²) in [4.78, 5) is 21.5. The van der Waals surface area contributed by atoms with Crippen molar-refractivity contribution in [3.05, 3.63) is 67.0 Å². The van der Waals surface area contributed by atoms with Gasteiger partial charge in [-0.2, -0.15) is 0 Å². The van der Waals surface area contributed by atoms with E-state index < -0.39 is 0 Å². The average Bonchev–Trinajstić information content (AvgIpc) is 3.24. The van der Waals surface area contributed by atoms with Gasteiger partial charge in [0.25, 0.3) is 0 Å². The molecule has 1 amide bonds. The Morgan fingerprint density at radius 3 is 2.90 bits per heavy atom. The lowest BCUT2D eigenvalue weighted by Gasteiger charge is -2.23. The van der Waals surface area contributed by atoms with E-state index in [1.54, 1.807) is 19.4 Å². The Kier molecular flexibility index (Phi) is 7.60. The molecule has 0 spiro atoms. The number of amides is 1. The van der Waals surface area contributed by atoms with Crippen LogP contribution in [0.15, 0.2) is 61.5 Å². The zero-order valence-corrected chi connectivity index (χ0v) is 18.7. The number of rotatable bonds is 9. The number of likely N-dealkylation sites (tertiary alicyclic amines) is 1. The summed E-state index contributed by atoms with van der Waals surface area (Å²) in [6.07, 6.45) is 6.40. The molecule has 31 heavy (non-hydrogen) atoms. The molecule has 1 unspecified atom stereocenters. The van der Waals surface area contributed by atoms with Gasteiger partial charge in [-0.15, -0.1) is 0 Å². The fraction of sp³-hybridized carbons (Fsp3) is 0.360. The maximum atomic E-state index is 12.7. The number of nitrogens with zero attached hydrogens (tertiary/aromatic N) is 3. The van der Waals surface area contributed by atoms with Gasteiger partial charge in [0.15, 0.2) is 0 Å². The van der Waals surface area contributed by atoms with E-state index in [1.165, 1.54) is 0 Å². The van der Waals surface area contributed by atoms with Crippen LogP contribution in [0.3, 0.4) is 0 Å². The van der Waals surface area contributed by atoms with Gasteiger partial charge in [-0.05, 0) is 49.0 Å². The standard InChI is InChI=1S/C25H32N4O2/c1-6-7-23(28(4)18(2)3)19-8-9-20-16-26-24(15-22(20)14-19)27-25(30)21-10-11-29(17-21)12-13-31-5/h6-9,14-16,21H,1-2,10-13,17H2,3-5H3,(H,26,27,30)/b23-7-. The van der Waals surface area contributed by atoms with Crippen LogP contribution in [0.25, 0.3) is 16.5 Å². The monoisotopic (exact) mass is 420 g/mol. The molecule has 1 atom stereocenters. The molecule has 2 aromatic rings. The van der Waals surface area contributed by atoms with Crippen molar-refractivity contribution in [3.8, 4) is 0 Å². The van der Waals surface area contributed by atoms with Crippen molar-refractivity contribution in [2.24, 2.45) is 5.92 Å². The highest BCUT2D eigenvalue weighted by molar-refractivity contribution is 5.95. The molecule has 0 bridgehead atoms. The summed E-state index contributed by atoms with van der Waals surface area (Å²) >= 11 is 0. The lowest BCUT2D eigenvalue weighted by atomic mass is 10.0. The van der Waals surface area contributed by atoms with Crippen LogP contribution in [0.4, 0.5) is 5.82 Å². The lowest BCUT2D eigenvalue weighted by molar-refractivity contribution is -0.119. The predicted molar refractivity (Wildman–Crippen MR) is 128 cm³/mol. The molecule has 1 aromatic carbocycles. The summed E-state index contributed by atoms with van der Waals surface area (Å²) in [5, 5.41) is 5.04. The molecule has 6 heteroatoms. The van der Waals surface area contributed by atoms with Gasteiger partial charge in [0.2, 0.25) is 5.91 Å². The van der Waals surface area contributed by atoms with E-state index in [2.05, 4.69) is 40.5 Å². The minimum absolute atomic E-state index is 0.0213. The van der Waals surface area contributed by atoms with Gasteiger partial charge in [-0.1, -0.05) is 31.4 Å². The van der Waals surface area contributed by atoms with E-state index in [1.807, 2.05) is 37.1 Å². The second-order valence-electron chi connectivity index (χ2n) is 7.98. The Bertz CT molecular complexity index is 998. The van der Waals surface area contributed by atoms with Crippen LogP contribution >= 0.6 is 0 Å². The number of nitrogens with one attached hydrogen (secondary N) is 1. The number of carbonyl (C=O) groups is 1. The molecule has 0 radical (unpaired) electrons. The van der Waals surface area contributed by atoms with Gasteiger partial charge >= 0.3 is 0 Å². The fourth-order valence-corrected chi connectivity index (χ4v) is 3.79. The van der Waals surface area contributed by atoms with Gasteiger partial charge in [-0.3, -0.25) is 4.79 Å². The smallest absolute Gasteiger partial charge is 0.229 e. The van der Waals surface area contributed by atoms with E-state index in [4.69, 9.17) is 4.74 Å². The van der Waals surface area contributed by atoms with Crippen LogP contribution in [0.5, 0.6) is 0 Å². The number of methoxy groups -OCH3 is 1. The first-order valence-corrected chi connectivity index (χ1v) is 10.6. The number of aromatic nitrogens is 1. The molecular weight excluding hydrogens is 388 g/mol. The Balaban J connectivity index is 1.77. The highest BCUT2D eigenvalue weighted by Crippen LogP contribution is 2.26. The van der Waals surface area contributed by atoms with Crippen molar-refractivity contribution in [2.75, 3.05) is 45.7 Å². The normalized spacial score (nSPS) is 17.0. The minimum Gasteiger partial charge on any atom is -0.383 e. The maximum Gasteiger partial charge on any atom is 0.229 e. The molecule has 1 saturated heterocycles. The van der Waals surface area contributed by atoms with Gasteiger partial charge in [0.1, 0.15) is 5.82 Å². The van der Waals surface area contributed by atoms with Gasteiger partial charge in [0.05, 0.1) is 12.5 Å². The molecule has 164 valence electrons. The fourth-order valence-electron chi connectivity index (χ4n) is 3.79. The number of pyridine rings is 1. The number of allylic oxidation sites excluding steroid dienone is 3. The first-order valence-electron chi connectivity index (χ1n) is 10.6. The number of ether oxygens (including phenoxy) is 1. The van der Waals surface area contributed by atoms with Crippen molar-refractivity contribution in [2.45, 2.75) is 13.3 Å². The van der Waals surface area contributed by atoms with Crippen molar-refractivity contribution >= 4 is 28.2 Å². The Morgan fingerprint density at radius 1 is 1.39 bits per heavy atom. The number of hydrogen-bond acceptors (Lipinski definition) is 5.